The summed E-state index contributed by atoms with van der Waals surface area (Å²) in [7, 11) is 0. The number of nitrogens with one attached hydrogen (secondary N) is 1. The van der Waals surface area contributed by atoms with Crippen LogP contribution in [-0.2, 0) is 11.2 Å². The van der Waals surface area contributed by atoms with Gasteiger partial charge in [-0.15, -0.1) is 0 Å². The monoisotopic (exact) mass is 373 g/mol. The molecule has 3 rings (SSSR count). The summed E-state index contributed by atoms with van der Waals surface area (Å²) in [5, 5.41) is 6.32. The Morgan fingerprint density at radius 3 is 2.52 bits per heavy atom. The number of aryl methyl sites for hydroxylation is 1. The fourth-order valence-electron chi connectivity index (χ4n) is 2.41. The summed E-state index contributed by atoms with van der Waals surface area (Å²) in [5.41, 5.74) is 0.811. The maximum atomic E-state index is 13.1. The van der Waals surface area contributed by atoms with Crippen LogP contribution in [0.1, 0.15) is 19.2 Å². The summed E-state index contributed by atoms with van der Waals surface area (Å²) in [6, 6.07) is 10.0. The second kappa shape index (κ2) is 8.39. The Morgan fingerprint density at radius 1 is 1.15 bits per heavy atom. The van der Waals surface area contributed by atoms with Crippen LogP contribution in [0.4, 0.5) is 14.5 Å². The third-order valence-electron chi connectivity index (χ3n) is 3.60. The predicted molar refractivity (Wildman–Crippen MR) is 94.2 cm³/mol. The van der Waals surface area contributed by atoms with Gasteiger partial charge in [-0.05, 0) is 43.3 Å². The van der Waals surface area contributed by atoms with Gasteiger partial charge in [0.05, 0.1) is 6.61 Å². The van der Waals surface area contributed by atoms with Gasteiger partial charge in [0.15, 0.2) is 0 Å². The quantitative estimate of drug-likeness (QED) is 0.678. The van der Waals surface area contributed by atoms with E-state index >= 15 is 0 Å². The molecular weight excluding hydrogens is 356 g/mol. The fourth-order valence-corrected chi connectivity index (χ4v) is 2.41. The summed E-state index contributed by atoms with van der Waals surface area (Å²) in [4.78, 5) is 16.2. The number of benzene rings is 2. The molecule has 0 saturated carbocycles. The lowest BCUT2D eigenvalue weighted by molar-refractivity contribution is -0.116. The summed E-state index contributed by atoms with van der Waals surface area (Å²) in [6.45, 7) is 2.48. The Bertz CT molecular complexity index is 906. The summed E-state index contributed by atoms with van der Waals surface area (Å²) in [5.74, 6) is -0.499. The second-order valence-electron chi connectivity index (χ2n) is 5.68. The maximum Gasteiger partial charge on any atom is 0.227 e. The standard InChI is InChI=1S/C19H17F2N3O3/c1-2-26-16-5-3-12(4-6-16)19-23-18(27-24-19)8-7-17(25)22-15-10-13(20)9-14(21)11-15/h3-6,9-11H,2,7-8H2,1H3,(H,22,25). The Labute approximate surface area is 154 Å². The largest absolute Gasteiger partial charge is 0.494 e. The van der Waals surface area contributed by atoms with E-state index in [1.807, 2.05) is 19.1 Å². The minimum atomic E-state index is -0.762. The van der Waals surface area contributed by atoms with E-state index in [2.05, 4.69) is 15.5 Å². The molecular formula is C19H17F2N3O3. The van der Waals surface area contributed by atoms with Gasteiger partial charge in [0.25, 0.3) is 0 Å². The van der Waals surface area contributed by atoms with Crippen LogP contribution in [0.3, 0.4) is 0 Å². The van der Waals surface area contributed by atoms with Crippen LogP contribution in [-0.4, -0.2) is 22.7 Å². The molecule has 0 saturated heterocycles. The summed E-state index contributed by atoms with van der Waals surface area (Å²) in [6.07, 6.45) is 0.233. The zero-order chi connectivity index (χ0) is 19.2. The molecule has 1 N–H and O–H groups in total. The van der Waals surface area contributed by atoms with Crippen molar-refractivity contribution in [2.24, 2.45) is 0 Å². The molecule has 140 valence electrons. The molecule has 6 nitrogen and oxygen atoms in total. The molecule has 0 bridgehead atoms. The fraction of sp³-hybridized carbons (Fsp3) is 0.211. The number of halogens is 2. The van der Waals surface area contributed by atoms with E-state index in [1.54, 1.807) is 12.1 Å². The van der Waals surface area contributed by atoms with E-state index in [4.69, 9.17) is 9.26 Å². The third-order valence-corrected chi connectivity index (χ3v) is 3.60. The maximum absolute atomic E-state index is 13.1. The molecule has 0 unspecified atom stereocenters. The first kappa shape index (κ1) is 18.5. The lowest BCUT2D eigenvalue weighted by atomic mass is 10.2. The van der Waals surface area contributed by atoms with E-state index in [0.717, 1.165) is 29.5 Å². The van der Waals surface area contributed by atoms with Gasteiger partial charge < -0.3 is 14.6 Å². The number of hydrogen-bond donors (Lipinski definition) is 1. The number of carbonyl (C=O) groups excluding carboxylic acids is 1. The van der Waals surface area contributed by atoms with Crippen molar-refractivity contribution >= 4 is 11.6 Å². The predicted octanol–water partition coefficient (Wildman–Crippen LogP) is 3.98. The Morgan fingerprint density at radius 2 is 1.85 bits per heavy atom. The van der Waals surface area contributed by atoms with Crippen LogP contribution in [0.5, 0.6) is 5.75 Å². The molecule has 0 aliphatic carbocycles. The van der Waals surface area contributed by atoms with E-state index in [0.29, 0.717) is 18.3 Å². The van der Waals surface area contributed by atoms with Crippen LogP contribution in [0.15, 0.2) is 47.0 Å². The van der Waals surface area contributed by atoms with Crippen molar-refractivity contribution in [1.29, 1.82) is 0 Å². The van der Waals surface area contributed by atoms with Gasteiger partial charge in [-0.2, -0.15) is 4.98 Å². The van der Waals surface area contributed by atoms with Crippen molar-refractivity contribution in [1.82, 2.24) is 10.1 Å². The number of rotatable bonds is 7. The lowest BCUT2D eigenvalue weighted by Gasteiger charge is -2.04. The molecule has 3 aromatic rings. The lowest BCUT2D eigenvalue weighted by Crippen LogP contribution is -2.12. The van der Waals surface area contributed by atoms with Crippen LogP contribution >= 0.6 is 0 Å². The first-order valence-corrected chi connectivity index (χ1v) is 8.35. The van der Waals surface area contributed by atoms with Gasteiger partial charge in [-0.25, -0.2) is 8.78 Å². The summed E-state index contributed by atoms with van der Waals surface area (Å²) < 4.78 is 36.8. The van der Waals surface area contributed by atoms with E-state index < -0.39 is 17.5 Å². The molecule has 0 radical (unpaired) electrons. The Balaban J connectivity index is 1.56. The van der Waals surface area contributed by atoms with Gasteiger partial charge >= 0.3 is 0 Å². The molecule has 27 heavy (non-hydrogen) atoms. The smallest absolute Gasteiger partial charge is 0.227 e. The van der Waals surface area contributed by atoms with E-state index in [-0.39, 0.29) is 18.5 Å². The number of amides is 1. The second-order valence-corrected chi connectivity index (χ2v) is 5.68. The van der Waals surface area contributed by atoms with Crippen molar-refractivity contribution in [2.75, 3.05) is 11.9 Å². The minimum Gasteiger partial charge on any atom is -0.494 e. The Kier molecular flexibility index (Phi) is 5.75. The topological polar surface area (TPSA) is 77.2 Å². The first-order valence-electron chi connectivity index (χ1n) is 8.35. The number of ether oxygens (including phenoxy) is 1. The van der Waals surface area contributed by atoms with Crippen molar-refractivity contribution in [3.05, 3.63) is 60.0 Å². The van der Waals surface area contributed by atoms with Crippen LogP contribution in [0.25, 0.3) is 11.4 Å². The van der Waals surface area contributed by atoms with Crippen molar-refractivity contribution in [3.63, 3.8) is 0 Å². The average molecular weight is 373 g/mol. The van der Waals surface area contributed by atoms with Crippen molar-refractivity contribution < 1.29 is 22.8 Å². The van der Waals surface area contributed by atoms with Gasteiger partial charge in [0.1, 0.15) is 17.4 Å². The number of aromatic nitrogens is 2. The van der Waals surface area contributed by atoms with E-state index in [1.165, 1.54) is 0 Å². The van der Waals surface area contributed by atoms with Gasteiger partial charge in [0, 0.05) is 30.2 Å². The van der Waals surface area contributed by atoms with Gasteiger partial charge in [0.2, 0.25) is 17.6 Å². The zero-order valence-electron chi connectivity index (χ0n) is 14.5. The highest BCUT2D eigenvalue weighted by molar-refractivity contribution is 5.90. The molecule has 1 amide bonds. The van der Waals surface area contributed by atoms with Gasteiger partial charge in [-0.3, -0.25) is 4.79 Å². The normalized spacial score (nSPS) is 10.6. The van der Waals surface area contributed by atoms with E-state index in [9.17, 15) is 13.6 Å². The summed E-state index contributed by atoms with van der Waals surface area (Å²) >= 11 is 0. The Hall–Kier alpha value is -3.29. The molecule has 1 heterocycles. The van der Waals surface area contributed by atoms with Crippen LogP contribution < -0.4 is 10.1 Å². The number of carbonyl (C=O) groups is 1. The molecule has 0 atom stereocenters. The highest BCUT2D eigenvalue weighted by atomic mass is 19.1. The number of hydrogen-bond acceptors (Lipinski definition) is 5. The third kappa shape index (κ3) is 5.10. The van der Waals surface area contributed by atoms with Gasteiger partial charge in [-0.1, -0.05) is 5.16 Å². The molecule has 0 aliphatic heterocycles. The van der Waals surface area contributed by atoms with Crippen molar-refractivity contribution in [3.8, 4) is 17.1 Å². The minimum absolute atomic E-state index is 0.0308. The van der Waals surface area contributed by atoms with Crippen LogP contribution in [0, 0.1) is 11.6 Å². The highest BCUT2D eigenvalue weighted by Crippen LogP contribution is 2.20. The molecule has 0 spiro atoms. The first-order chi connectivity index (χ1) is 13.0. The molecule has 2 aromatic carbocycles. The van der Waals surface area contributed by atoms with Crippen molar-refractivity contribution in [2.45, 2.75) is 19.8 Å². The number of nitrogens with zero attached hydrogens (tertiary/aromatic N) is 2. The zero-order valence-corrected chi connectivity index (χ0v) is 14.5. The molecule has 0 aliphatic rings. The number of anilines is 1. The average Bonchev–Trinajstić information content (AvgIpc) is 3.09. The van der Waals surface area contributed by atoms with Crippen LogP contribution in [0.2, 0.25) is 0 Å². The molecule has 0 fully saturated rings. The molecule has 8 heteroatoms. The molecule has 1 aromatic heterocycles. The SMILES string of the molecule is CCOc1ccc(-c2noc(CCC(=O)Nc3cc(F)cc(F)c3)n2)cc1. The highest BCUT2D eigenvalue weighted by Gasteiger charge is 2.12.